The normalized spacial score (nSPS) is 18.1. The Morgan fingerprint density at radius 1 is 1.38 bits per heavy atom. The summed E-state index contributed by atoms with van der Waals surface area (Å²) < 4.78 is 6.91. The van der Waals surface area contributed by atoms with Crippen molar-refractivity contribution in [2.75, 3.05) is 19.7 Å². The van der Waals surface area contributed by atoms with Crippen LogP contribution in [0.3, 0.4) is 0 Å². The average molecular weight is 293 g/mol. The number of carbonyl (C=O) groups is 1. The van der Waals surface area contributed by atoms with Gasteiger partial charge in [0.05, 0.1) is 18.5 Å². The molecule has 0 saturated carbocycles. The highest BCUT2D eigenvalue weighted by Crippen LogP contribution is 2.37. The minimum atomic E-state index is -0.267. The number of likely N-dealkylation sites (tertiary alicyclic amines) is 1. The Bertz CT molecular complexity index is 492. The topological polar surface area (TPSA) is 47.4 Å². The van der Waals surface area contributed by atoms with Crippen molar-refractivity contribution in [2.24, 2.45) is 12.5 Å². The molecule has 0 amide bonds. The van der Waals surface area contributed by atoms with Crippen LogP contribution in [-0.2, 0) is 18.3 Å². The molecule has 5 heteroatoms. The highest BCUT2D eigenvalue weighted by molar-refractivity contribution is 5.90. The number of esters is 1. The number of hydrogen-bond donors (Lipinski definition) is 0. The molecule has 2 heterocycles. The summed E-state index contributed by atoms with van der Waals surface area (Å²) in [5, 5.41) is 4.23. The fourth-order valence-electron chi connectivity index (χ4n) is 3.23. The summed E-state index contributed by atoms with van der Waals surface area (Å²) >= 11 is 0. The summed E-state index contributed by atoms with van der Waals surface area (Å²) in [7, 11) is 1.89. The van der Waals surface area contributed by atoms with E-state index in [0.29, 0.717) is 17.6 Å². The molecule has 0 atom stereocenters. The molecule has 1 saturated heterocycles. The van der Waals surface area contributed by atoms with Crippen molar-refractivity contribution in [3.05, 3.63) is 17.5 Å². The van der Waals surface area contributed by atoms with E-state index in [0.717, 1.165) is 25.3 Å². The molecule has 0 radical (unpaired) electrons. The van der Waals surface area contributed by atoms with Crippen LogP contribution in [0.2, 0.25) is 0 Å². The molecule has 1 aliphatic heterocycles. The maximum absolute atomic E-state index is 12.0. The van der Waals surface area contributed by atoms with E-state index in [1.807, 2.05) is 14.0 Å². The zero-order chi connectivity index (χ0) is 15.5. The predicted octanol–water partition coefficient (Wildman–Crippen LogP) is 2.61. The van der Waals surface area contributed by atoms with E-state index in [1.54, 1.807) is 10.9 Å². The van der Waals surface area contributed by atoms with Crippen molar-refractivity contribution in [1.29, 1.82) is 0 Å². The number of aryl methyl sites for hydroxylation is 1. The van der Waals surface area contributed by atoms with Gasteiger partial charge in [-0.2, -0.15) is 5.10 Å². The Kier molecular flexibility index (Phi) is 5.04. The summed E-state index contributed by atoms with van der Waals surface area (Å²) in [4.78, 5) is 14.4. The van der Waals surface area contributed by atoms with Crippen LogP contribution in [0.5, 0.6) is 0 Å². The minimum absolute atomic E-state index is 0.267. The monoisotopic (exact) mass is 293 g/mol. The number of aromatic nitrogens is 2. The van der Waals surface area contributed by atoms with Gasteiger partial charge in [0, 0.05) is 20.1 Å². The number of ether oxygens (including phenoxy) is 1. The molecule has 0 aliphatic carbocycles. The molecule has 0 unspecified atom stereocenters. The van der Waals surface area contributed by atoms with Crippen LogP contribution in [0.1, 0.15) is 56.1 Å². The van der Waals surface area contributed by atoms with E-state index < -0.39 is 0 Å². The first-order valence-corrected chi connectivity index (χ1v) is 7.95. The van der Waals surface area contributed by atoms with Gasteiger partial charge >= 0.3 is 5.97 Å². The molecule has 1 aromatic heterocycles. The van der Waals surface area contributed by atoms with Gasteiger partial charge in [-0.3, -0.25) is 9.58 Å². The van der Waals surface area contributed by atoms with Gasteiger partial charge in [-0.15, -0.1) is 0 Å². The third-order valence-corrected chi connectivity index (χ3v) is 4.95. The smallest absolute Gasteiger partial charge is 0.341 e. The fourth-order valence-corrected chi connectivity index (χ4v) is 3.23. The van der Waals surface area contributed by atoms with Crippen molar-refractivity contribution in [1.82, 2.24) is 14.7 Å². The van der Waals surface area contributed by atoms with Gasteiger partial charge in [-0.05, 0) is 38.1 Å². The zero-order valence-electron chi connectivity index (χ0n) is 13.7. The first-order valence-electron chi connectivity index (χ1n) is 7.95. The lowest BCUT2D eigenvalue weighted by Crippen LogP contribution is -2.27. The molecule has 1 aliphatic rings. The highest BCUT2D eigenvalue weighted by Gasteiger charge is 2.35. The van der Waals surface area contributed by atoms with Crippen molar-refractivity contribution in [2.45, 2.75) is 46.6 Å². The van der Waals surface area contributed by atoms with Crippen LogP contribution in [0.25, 0.3) is 0 Å². The summed E-state index contributed by atoms with van der Waals surface area (Å²) in [6, 6.07) is 0. The molecule has 21 heavy (non-hydrogen) atoms. The number of nitrogens with zero attached hydrogens (tertiary/aromatic N) is 3. The molecule has 0 spiro atoms. The second kappa shape index (κ2) is 6.60. The Morgan fingerprint density at radius 2 is 2.10 bits per heavy atom. The molecule has 2 rings (SSSR count). The van der Waals surface area contributed by atoms with Crippen LogP contribution in [0, 0.1) is 5.41 Å². The third-order valence-electron chi connectivity index (χ3n) is 4.95. The number of hydrogen-bond acceptors (Lipinski definition) is 4. The van der Waals surface area contributed by atoms with Crippen LogP contribution in [0.4, 0.5) is 0 Å². The molecule has 1 fully saturated rings. The Morgan fingerprint density at radius 3 is 2.67 bits per heavy atom. The Hall–Kier alpha value is -1.36. The SMILES string of the molecule is CCOC(=O)c1cnn(C)c1CN1CCC(CC)(CC)C1. The molecule has 0 N–H and O–H groups in total. The molecule has 5 nitrogen and oxygen atoms in total. The van der Waals surface area contributed by atoms with Crippen molar-refractivity contribution in [3.8, 4) is 0 Å². The molecular weight excluding hydrogens is 266 g/mol. The maximum Gasteiger partial charge on any atom is 0.341 e. The third kappa shape index (κ3) is 3.28. The van der Waals surface area contributed by atoms with Crippen molar-refractivity contribution < 1.29 is 9.53 Å². The molecule has 0 aromatic carbocycles. The lowest BCUT2D eigenvalue weighted by Gasteiger charge is -2.26. The van der Waals surface area contributed by atoms with E-state index in [4.69, 9.17) is 4.74 Å². The fraction of sp³-hybridized carbons (Fsp3) is 0.750. The van der Waals surface area contributed by atoms with Gasteiger partial charge < -0.3 is 4.74 Å². The van der Waals surface area contributed by atoms with E-state index >= 15 is 0 Å². The second-order valence-electron chi connectivity index (χ2n) is 6.02. The quantitative estimate of drug-likeness (QED) is 0.756. The lowest BCUT2D eigenvalue weighted by molar-refractivity contribution is 0.0523. The minimum Gasteiger partial charge on any atom is -0.462 e. The van der Waals surface area contributed by atoms with Gasteiger partial charge in [0.2, 0.25) is 0 Å². The van der Waals surface area contributed by atoms with E-state index in [-0.39, 0.29) is 5.97 Å². The zero-order valence-corrected chi connectivity index (χ0v) is 13.7. The summed E-state index contributed by atoms with van der Waals surface area (Å²) in [6.07, 6.45) is 5.30. The van der Waals surface area contributed by atoms with E-state index in [2.05, 4.69) is 23.8 Å². The molecule has 118 valence electrons. The van der Waals surface area contributed by atoms with Crippen molar-refractivity contribution in [3.63, 3.8) is 0 Å². The Balaban J connectivity index is 2.10. The predicted molar refractivity (Wildman–Crippen MR) is 82.1 cm³/mol. The molecule has 0 bridgehead atoms. The maximum atomic E-state index is 12.0. The number of rotatable bonds is 6. The van der Waals surface area contributed by atoms with Crippen LogP contribution < -0.4 is 0 Å². The van der Waals surface area contributed by atoms with Gasteiger partial charge in [-0.25, -0.2) is 4.79 Å². The molecular formula is C16H27N3O2. The van der Waals surface area contributed by atoms with Crippen LogP contribution in [-0.4, -0.2) is 40.3 Å². The Labute approximate surface area is 127 Å². The first-order chi connectivity index (χ1) is 10.0. The van der Waals surface area contributed by atoms with E-state index in [1.165, 1.54) is 19.3 Å². The summed E-state index contributed by atoms with van der Waals surface area (Å²) in [5.74, 6) is -0.267. The average Bonchev–Trinajstić information content (AvgIpc) is 3.05. The van der Waals surface area contributed by atoms with Gasteiger partial charge in [0.15, 0.2) is 0 Å². The number of carbonyl (C=O) groups excluding carboxylic acids is 1. The van der Waals surface area contributed by atoms with Crippen LogP contribution >= 0.6 is 0 Å². The molecule has 1 aromatic rings. The standard InChI is InChI=1S/C16H27N3O2/c1-5-16(6-2)8-9-19(12-16)11-14-13(10-17-18(14)4)15(20)21-7-3/h10H,5-9,11-12H2,1-4H3. The highest BCUT2D eigenvalue weighted by atomic mass is 16.5. The second-order valence-corrected chi connectivity index (χ2v) is 6.02. The van der Waals surface area contributed by atoms with Gasteiger partial charge in [-0.1, -0.05) is 13.8 Å². The summed E-state index contributed by atoms with van der Waals surface area (Å²) in [6.45, 7) is 9.74. The van der Waals surface area contributed by atoms with Crippen LogP contribution in [0.15, 0.2) is 6.20 Å². The lowest BCUT2D eigenvalue weighted by atomic mass is 9.82. The van der Waals surface area contributed by atoms with Gasteiger partial charge in [0.25, 0.3) is 0 Å². The first kappa shape index (κ1) is 16.0. The largest absolute Gasteiger partial charge is 0.462 e. The van der Waals surface area contributed by atoms with Crippen molar-refractivity contribution >= 4 is 5.97 Å². The van der Waals surface area contributed by atoms with E-state index in [9.17, 15) is 4.79 Å². The van der Waals surface area contributed by atoms with Gasteiger partial charge in [0.1, 0.15) is 5.56 Å². The summed E-state index contributed by atoms with van der Waals surface area (Å²) in [5.41, 5.74) is 2.00.